The Morgan fingerprint density at radius 2 is 2.32 bits per heavy atom. The maximum absolute atomic E-state index is 11.2. The molecule has 0 aliphatic heterocycles. The first-order chi connectivity index (χ1) is 8.96. The predicted octanol–water partition coefficient (Wildman–Crippen LogP) is -0.523. The van der Waals surface area contributed by atoms with Gasteiger partial charge in [-0.1, -0.05) is 16.9 Å². The van der Waals surface area contributed by atoms with E-state index >= 15 is 0 Å². The fourth-order valence-corrected chi connectivity index (χ4v) is 2.99. The summed E-state index contributed by atoms with van der Waals surface area (Å²) < 4.78 is 1.42. The number of oxime groups is 1. The second kappa shape index (κ2) is 5.08. The summed E-state index contributed by atoms with van der Waals surface area (Å²) in [6.45, 7) is 0. The molecule has 104 valence electrons. The van der Waals surface area contributed by atoms with Crippen molar-refractivity contribution < 1.29 is 5.21 Å². The average Bonchev–Trinajstić information content (AvgIpc) is 3.12. The van der Waals surface area contributed by atoms with Gasteiger partial charge in [-0.3, -0.25) is 19.4 Å². The Balaban J connectivity index is 2.05. The van der Waals surface area contributed by atoms with Gasteiger partial charge in [0.15, 0.2) is 5.16 Å². The van der Waals surface area contributed by atoms with Crippen LogP contribution < -0.4 is 16.9 Å². The minimum absolute atomic E-state index is 0.00877. The first-order valence-electron chi connectivity index (χ1n) is 5.72. The number of aromatic nitrogens is 3. The van der Waals surface area contributed by atoms with Crippen molar-refractivity contribution in [2.24, 2.45) is 23.4 Å². The van der Waals surface area contributed by atoms with Crippen LogP contribution in [0.4, 0.5) is 0 Å². The van der Waals surface area contributed by atoms with Crippen LogP contribution in [0.3, 0.4) is 0 Å². The Labute approximate surface area is 112 Å². The van der Waals surface area contributed by atoms with Crippen molar-refractivity contribution in [3.05, 3.63) is 20.7 Å². The van der Waals surface area contributed by atoms with Crippen molar-refractivity contribution in [1.82, 2.24) is 14.8 Å². The number of aryl methyl sites for hydroxylation is 1. The van der Waals surface area contributed by atoms with Gasteiger partial charge in [-0.25, -0.2) is 0 Å². The second-order valence-corrected chi connectivity index (χ2v) is 5.70. The van der Waals surface area contributed by atoms with Crippen molar-refractivity contribution >= 4 is 17.6 Å². The number of amidine groups is 1. The maximum atomic E-state index is 11.2. The van der Waals surface area contributed by atoms with Crippen LogP contribution in [0.5, 0.6) is 0 Å². The molecule has 1 saturated carbocycles. The summed E-state index contributed by atoms with van der Waals surface area (Å²) in [5, 5.41) is 14.4. The van der Waals surface area contributed by atoms with Gasteiger partial charge in [0.05, 0.1) is 0 Å². The Kier molecular flexibility index (Phi) is 3.65. The Morgan fingerprint density at radius 1 is 1.63 bits per heavy atom. The first kappa shape index (κ1) is 13.7. The highest BCUT2D eigenvalue weighted by molar-refractivity contribution is 7.99. The Hall–Kier alpha value is -1.77. The molecule has 1 aromatic rings. The summed E-state index contributed by atoms with van der Waals surface area (Å²) in [5.41, 5.74) is 4.00. The molecule has 1 aromatic heterocycles. The van der Waals surface area contributed by atoms with Gasteiger partial charge in [-0.2, -0.15) is 4.98 Å². The lowest BCUT2D eigenvalue weighted by Gasteiger charge is -2.13. The highest BCUT2D eigenvalue weighted by Crippen LogP contribution is 2.51. The molecular weight excluding hydrogens is 270 g/mol. The lowest BCUT2D eigenvalue weighted by molar-refractivity contribution is 0.315. The van der Waals surface area contributed by atoms with Gasteiger partial charge in [-0.15, -0.1) is 0 Å². The Bertz CT molecular complexity index is 616. The standard InChI is InChI=1S/C10H15N5O3S/c1-15-9(12-7(16)8(17)13-15)19-5-10(2-3-10)4-6(11)14-18/h18H,2-5H2,1H3,(H2,11,14)(H,13,17). The molecule has 4 N–H and O–H groups in total. The third-order valence-electron chi connectivity index (χ3n) is 3.10. The molecule has 9 heteroatoms. The van der Waals surface area contributed by atoms with Crippen LogP contribution in [0.2, 0.25) is 0 Å². The van der Waals surface area contributed by atoms with Gasteiger partial charge in [0.2, 0.25) is 0 Å². The van der Waals surface area contributed by atoms with E-state index in [1.165, 1.54) is 16.4 Å². The van der Waals surface area contributed by atoms with E-state index in [1.807, 2.05) is 0 Å². The van der Waals surface area contributed by atoms with E-state index in [2.05, 4.69) is 15.2 Å². The minimum Gasteiger partial charge on any atom is -0.409 e. The number of nitrogens with zero attached hydrogens (tertiary/aromatic N) is 3. The molecule has 0 unspecified atom stereocenters. The number of H-pyrrole nitrogens is 1. The van der Waals surface area contributed by atoms with E-state index in [0.29, 0.717) is 17.3 Å². The van der Waals surface area contributed by atoms with E-state index in [9.17, 15) is 9.59 Å². The van der Waals surface area contributed by atoms with Gasteiger partial charge >= 0.3 is 11.1 Å². The fraction of sp³-hybridized carbons (Fsp3) is 0.600. The van der Waals surface area contributed by atoms with Crippen molar-refractivity contribution in [2.75, 3.05) is 5.75 Å². The second-order valence-electron chi connectivity index (χ2n) is 4.76. The molecule has 8 nitrogen and oxygen atoms in total. The molecule has 19 heavy (non-hydrogen) atoms. The number of nitrogens with one attached hydrogen (secondary N) is 1. The van der Waals surface area contributed by atoms with E-state index in [1.54, 1.807) is 7.05 Å². The molecule has 1 heterocycles. The van der Waals surface area contributed by atoms with Crippen molar-refractivity contribution in [2.45, 2.75) is 24.4 Å². The zero-order valence-electron chi connectivity index (χ0n) is 10.4. The smallest absolute Gasteiger partial charge is 0.339 e. The molecule has 0 radical (unpaired) electrons. The lowest BCUT2D eigenvalue weighted by Crippen LogP contribution is -2.34. The molecule has 1 fully saturated rings. The molecule has 0 saturated heterocycles. The summed E-state index contributed by atoms with van der Waals surface area (Å²) >= 11 is 1.38. The SMILES string of the molecule is Cn1[nH]c(=O)c(=O)nc1SCC1(CC(N)=NO)CC1. The summed E-state index contributed by atoms with van der Waals surface area (Å²) in [4.78, 5) is 26.0. The number of aromatic amines is 1. The van der Waals surface area contributed by atoms with Crippen LogP contribution in [0.15, 0.2) is 19.9 Å². The molecule has 0 atom stereocenters. The van der Waals surface area contributed by atoms with Gasteiger partial charge in [-0.05, 0) is 18.3 Å². The summed E-state index contributed by atoms with van der Waals surface area (Å²) in [5.74, 6) is 0.914. The predicted molar refractivity (Wildman–Crippen MR) is 70.5 cm³/mol. The highest BCUT2D eigenvalue weighted by atomic mass is 32.2. The van der Waals surface area contributed by atoms with E-state index < -0.39 is 11.1 Å². The molecule has 1 aliphatic carbocycles. The van der Waals surface area contributed by atoms with Crippen LogP contribution in [0, 0.1) is 5.41 Å². The van der Waals surface area contributed by atoms with Crippen molar-refractivity contribution in [1.29, 1.82) is 0 Å². The lowest BCUT2D eigenvalue weighted by atomic mass is 10.1. The van der Waals surface area contributed by atoms with Gasteiger partial charge in [0, 0.05) is 19.2 Å². The van der Waals surface area contributed by atoms with Gasteiger partial charge < -0.3 is 10.9 Å². The minimum atomic E-state index is -0.790. The van der Waals surface area contributed by atoms with Crippen molar-refractivity contribution in [3.8, 4) is 0 Å². The third-order valence-corrected chi connectivity index (χ3v) is 4.48. The van der Waals surface area contributed by atoms with Crippen LogP contribution >= 0.6 is 11.8 Å². The summed E-state index contributed by atoms with van der Waals surface area (Å²) in [6.07, 6.45) is 2.51. The van der Waals surface area contributed by atoms with Crippen LogP contribution in [0.1, 0.15) is 19.3 Å². The monoisotopic (exact) mass is 285 g/mol. The van der Waals surface area contributed by atoms with Crippen LogP contribution in [-0.2, 0) is 7.05 Å². The molecule has 0 amide bonds. The normalized spacial score (nSPS) is 17.4. The largest absolute Gasteiger partial charge is 0.409 e. The molecule has 0 bridgehead atoms. The zero-order valence-corrected chi connectivity index (χ0v) is 11.2. The Morgan fingerprint density at radius 3 is 2.89 bits per heavy atom. The summed E-state index contributed by atoms with van der Waals surface area (Å²) in [7, 11) is 1.62. The number of hydrogen-bond acceptors (Lipinski definition) is 6. The van der Waals surface area contributed by atoms with E-state index in [0.717, 1.165) is 12.8 Å². The number of rotatable bonds is 5. The average molecular weight is 285 g/mol. The number of nitrogens with two attached hydrogens (primary N) is 1. The van der Waals surface area contributed by atoms with Crippen LogP contribution in [-0.4, -0.2) is 31.6 Å². The fourth-order valence-electron chi connectivity index (χ4n) is 1.78. The van der Waals surface area contributed by atoms with Gasteiger partial charge in [0.25, 0.3) is 0 Å². The molecule has 0 spiro atoms. The quantitative estimate of drug-likeness (QED) is 0.167. The van der Waals surface area contributed by atoms with E-state index in [4.69, 9.17) is 10.9 Å². The van der Waals surface area contributed by atoms with Crippen LogP contribution in [0.25, 0.3) is 0 Å². The maximum Gasteiger partial charge on any atom is 0.339 e. The molecular formula is C10H15N5O3S. The molecule has 2 rings (SSSR count). The van der Waals surface area contributed by atoms with Gasteiger partial charge in [0.1, 0.15) is 5.84 Å². The third kappa shape index (κ3) is 3.16. The van der Waals surface area contributed by atoms with Crippen molar-refractivity contribution in [3.63, 3.8) is 0 Å². The number of hydrogen-bond donors (Lipinski definition) is 3. The zero-order chi connectivity index (χ0) is 14.0. The first-order valence-corrected chi connectivity index (χ1v) is 6.71. The topological polar surface area (TPSA) is 126 Å². The molecule has 1 aliphatic rings. The van der Waals surface area contributed by atoms with E-state index in [-0.39, 0.29) is 11.3 Å². The highest BCUT2D eigenvalue weighted by Gasteiger charge is 2.43. The summed E-state index contributed by atoms with van der Waals surface area (Å²) in [6, 6.07) is 0. The molecule has 0 aromatic carbocycles. The number of thioether (sulfide) groups is 1.